The second-order valence-electron chi connectivity index (χ2n) is 5.73. The Kier molecular flexibility index (Phi) is 6.41. The summed E-state index contributed by atoms with van der Waals surface area (Å²) in [7, 11) is 0. The Morgan fingerprint density at radius 2 is 1.88 bits per heavy atom. The van der Waals surface area contributed by atoms with Gasteiger partial charge < -0.3 is 14.6 Å². The lowest BCUT2D eigenvalue weighted by atomic mass is 10.1. The molecular formula is C20H19ClN2O3. The third-order valence-corrected chi connectivity index (χ3v) is 3.99. The molecule has 6 heteroatoms. The van der Waals surface area contributed by atoms with Crippen LogP contribution in [-0.4, -0.2) is 24.2 Å². The Balaban J connectivity index is 1.39. The summed E-state index contributed by atoms with van der Waals surface area (Å²) in [5.74, 6) is 0.259. The van der Waals surface area contributed by atoms with Crippen molar-refractivity contribution in [1.82, 2.24) is 10.5 Å². The molecule has 0 spiro atoms. The Hall–Kier alpha value is -2.63. The number of halogens is 1. The summed E-state index contributed by atoms with van der Waals surface area (Å²) in [6, 6.07) is 18.7. The average Bonchev–Trinajstić information content (AvgIpc) is 3.16. The molecule has 0 aliphatic carbocycles. The van der Waals surface area contributed by atoms with E-state index in [1.165, 1.54) is 0 Å². The molecule has 0 unspecified atom stereocenters. The van der Waals surface area contributed by atoms with E-state index in [0.29, 0.717) is 30.5 Å². The predicted molar refractivity (Wildman–Crippen MR) is 100.0 cm³/mol. The van der Waals surface area contributed by atoms with Gasteiger partial charge in [-0.1, -0.05) is 47.1 Å². The van der Waals surface area contributed by atoms with Crippen LogP contribution in [0, 0.1) is 0 Å². The van der Waals surface area contributed by atoms with Crippen molar-refractivity contribution >= 4 is 17.5 Å². The van der Waals surface area contributed by atoms with Crippen molar-refractivity contribution < 1.29 is 14.1 Å². The molecule has 0 saturated carbocycles. The van der Waals surface area contributed by atoms with Gasteiger partial charge in [-0.15, -0.1) is 0 Å². The van der Waals surface area contributed by atoms with E-state index in [1.54, 1.807) is 18.2 Å². The number of nitrogens with zero attached hydrogens (tertiary/aromatic N) is 1. The smallest absolute Gasteiger partial charge is 0.273 e. The van der Waals surface area contributed by atoms with Crippen LogP contribution in [0.15, 0.2) is 65.2 Å². The van der Waals surface area contributed by atoms with E-state index < -0.39 is 0 Å². The molecular weight excluding hydrogens is 352 g/mol. The molecule has 2 aromatic carbocycles. The maximum atomic E-state index is 12.1. The summed E-state index contributed by atoms with van der Waals surface area (Å²) in [6.45, 7) is 1.66. The minimum absolute atomic E-state index is 0.250. The fraction of sp³-hybridized carbons (Fsp3) is 0.200. The maximum absolute atomic E-state index is 12.1. The second kappa shape index (κ2) is 9.17. The molecule has 5 nitrogen and oxygen atoms in total. The summed E-state index contributed by atoms with van der Waals surface area (Å²) in [6.07, 6.45) is 0.723. The number of hydrogen-bond donors (Lipinski definition) is 1. The van der Waals surface area contributed by atoms with Crippen molar-refractivity contribution in [3.8, 4) is 11.3 Å². The molecule has 1 amide bonds. The fourth-order valence-corrected chi connectivity index (χ4v) is 2.49. The molecule has 0 aliphatic heterocycles. The number of rotatable bonds is 8. The minimum Gasteiger partial charge on any atom is -0.377 e. The van der Waals surface area contributed by atoms with Crippen molar-refractivity contribution in [3.05, 3.63) is 76.9 Å². The molecule has 3 aromatic rings. The molecule has 0 radical (unpaired) electrons. The molecule has 1 N–H and O–H groups in total. The van der Waals surface area contributed by atoms with Gasteiger partial charge in [0.05, 0.1) is 6.61 Å². The SMILES string of the molecule is O=C(NCCCOCc1ccccc1)c1cc(-c2ccc(Cl)cc2)on1. The summed E-state index contributed by atoms with van der Waals surface area (Å²) >= 11 is 5.86. The van der Waals surface area contributed by atoms with E-state index in [-0.39, 0.29) is 11.6 Å². The van der Waals surface area contributed by atoms with Gasteiger partial charge in [0.1, 0.15) is 0 Å². The molecule has 134 valence electrons. The van der Waals surface area contributed by atoms with Gasteiger partial charge in [0.15, 0.2) is 11.5 Å². The third kappa shape index (κ3) is 5.18. The van der Waals surface area contributed by atoms with Crippen molar-refractivity contribution in [2.24, 2.45) is 0 Å². The number of benzene rings is 2. The molecule has 0 atom stereocenters. The first-order valence-corrected chi connectivity index (χ1v) is 8.73. The van der Waals surface area contributed by atoms with Crippen LogP contribution >= 0.6 is 11.6 Å². The van der Waals surface area contributed by atoms with Crippen LogP contribution in [0.25, 0.3) is 11.3 Å². The number of nitrogens with one attached hydrogen (secondary N) is 1. The van der Waals surface area contributed by atoms with Crippen molar-refractivity contribution in [3.63, 3.8) is 0 Å². The number of hydrogen-bond acceptors (Lipinski definition) is 4. The Labute approximate surface area is 156 Å². The van der Waals surface area contributed by atoms with Gasteiger partial charge in [0, 0.05) is 29.8 Å². The number of amides is 1. The predicted octanol–water partition coefficient (Wildman–Crippen LogP) is 4.33. The van der Waals surface area contributed by atoms with Crippen LogP contribution in [0.2, 0.25) is 5.02 Å². The molecule has 1 heterocycles. The normalized spacial score (nSPS) is 10.7. The zero-order chi connectivity index (χ0) is 18.2. The third-order valence-electron chi connectivity index (χ3n) is 3.73. The number of ether oxygens (including phenoxy) is 1. The lowest BCUT2D eigenvalue weighted by Gasteiger charge is -2.05. The van der Waals surface area contributed by atoms with Gasteiger partial charge in [-0.3, -0.25) is 4.79 Å². The van der Waals surface area contributed by atoms with Crippen molar-refractivity contribution in [2.75, 3.05) is 13.2 Å². The Morgan fingerprint density at radius 3 is 2.65 bits per heavy atom. The summed E-state index contributed by atoms with van der Waals surface area (Å²) in [5, 5.41) is 7.27. The fourth-order valence-electron chi connectivity index (χ4n) is 2.36. The maximum Gasteiger partial charge on any atom is 0.273 e. The van der Waals surface area contributed by atoms with E-state index in [0.717, 1.165) is 17.5 Å². The van der Waals surface area contributed by atoms with Crippen LogP contribution in [0.5, 0.6) is 0 Å². The monoisotopic (exact) mass is 370 g/mol. The van der Waals surface area contributed by atoms with Gasteiger partial charge in [0.2, 0.25) is 0 Å². The quantitative estimate of drug-likeness (QED) is 0.599. The lowest BCUT2D eigenvalue weighted by molar-refractivity contribution is 0.0926. The first-order valence-electron chi connectivity index (χ1n) is 8.35. The molecule has 0 fully saturated rings. The standard InChI is InChI=1S/C20H19ClN2O3/c21-17-9-7-16(8-10-17)19-13-18(23-26-19)20(24)22-11-4-12-25-14-15-5-2-1-3-6-15/h1-3,5-10,13H,4,11-12,14H2,(H,22,24). The zero-order valence-electron chi connectivity index (χ0n) is 14.2. The second-order valence-corrected chi connectivity index (χ2v) is 6.17. The largest absolute Gasteiger partial charge is 0.377 e. The van der Waals surface area contributed by atoms with Gasteiger partial charge >= 0.3 is 0 Å². The number of aromatic nitrogens is 1. The van der Waals surface area contributed by atoms with Crippen molar-refractivity contribution in [1.29, 1.82) is 0 Å². The molecule has 26 heavy (non-hydrogen) atoms. The molecule has 0 aliphatic rings. The Bertz CT molecular complexity index is 832. The van der Waals surface area contributed by atoms with Crippen LogP contribution < -0.4 is 5.32 Å². The lowest BCUT2D eigenvalue weighted by Crippen LogP contribution is -2.25. The van der Waals surface area contributed by atoms with E-state index in [9.17, 15) is 4.79 Å². The van der Waals surface area contributed by atoms with Gasteiger partial charge in [0.25, 0.3) is 5.91 Å². The van der Waals surface area contributed by atoms with Gasteiger partial charge in [-0.25, -0.2) is 0 Å². The highest BCUT2D eigenvalue weighted by Crippen LogP contribution is 2.22. The molecule has 0 saturated heterocycles. The van der Waals surface area contributed by atoms with E-state index in [1.807, 2.05) is 42.5 Å². The number of carbonyl (C=O) groups excluding carboxylic acids is 1. The Morgan fingerprint density at radius 1 is 1.12 bits per heavy atom. The first-order chi connectivity index (χ1) is 12.7. The van der Waals surface area contributed by atoms with Crippen LogP contribution in [-0.2, 0) is 11.3 Å². The van der Waals surface area contributed by atoms with Crippen molar-refractivity contribution in [2.45, 2.75) is 13.0 Å². The van der Waals surface area contributed by atoms with Crippen LogP contribution in [0.1, 0.15) is 22.5 Å². The molecule has 0 bridgehead atoms. The minimum atomic E-state index is -0.267. The highest BCUT2D eigenvalue weighted by Gasteiger charge is 2.13. The first kappa shape index (κ1) is 18.2. The highest BCUT2D eigenvalue weighted by molar-refractivity contribution is 6.30. The topological polar surface area (TPSA) is 64.4 Å². The van der Waals surface area contributed by atoms with E-state index >= 15 is 0 Å². The highest BCUT2D eigenvalue weighted by atomic mass is 35.5. The average molecular weight is 371 g/mol. The molecule has 1 aromatic heterocycles. The molecule has 3 rings (SSSR count). The summed E-state index contributed by atoms with van der Waals surface area (Å²) in [4.78, 5) is 12.1. The summed E-state index contributed by atoms with van der Waals surface area (Å²) in [5.41, 5.74) is 2.20. The zero-order valence-corrected chi connectivity index (χ0v) is 14.9. The van der Waals surface area contributed by atoms with Crippen LogP contribution in [0.4, 0.5) is 0 Å². The number of carbonyl (C=O) groups is 1. The summed E-state index contributed by atoms with van der Waals surface area (Å²) < 4.78 is 10.8. The van der Waals surface area contributed by atoms with E-state index in [2.05, 4.69) is 10.5 Å². The van der Waals surface area contributed by atoms with Gasteiger partial charge in [-0.05, 0) is 36.2 Å². The van der Waals surface area contributed by atoms with Crippen LogP contribution in [0.3, 0.4) is 0 Å². The van der Waals surface area contributed by atoms with E-state index in [4.69, 9.17) is 20.9 Å². The van der Waals surface area contributed by atoms with Gasteiger partial charge in [-0.2, -0.15) is 0 Å².